The van der Waals surface area contributed by atoms with Crippen molar-refractivity contribution in [1.82, 2.24) is 10.3 Å². The van der Waals surface area contributed by atoms with Crippen LogP contribution in [0.1, 0.15) is 32.4 Å². The molecule has 0 spiro atoms. The van der Waals surface area contributed by atoms with Gasteiger partial charge in [0.15, 0.2) is 0 Å². The summed E-state index contributed by atoms with van der Waals surface area (Å²) in [5, 5.41) is 4.02. The average molecular weight is 243 g/mol. The second-order valence-electron chi connectivity index (χ2n) is 4.57. The predicted molar refractivity (Wildman–Crippen MR) is 66.8 cm³/mol. The molecule has 90 valence electrons. The summed E-state index contributed by atoms with van der Waals surface area (Å²) in [7, 11) is 1.70. The minimum absolute atomic E-state index is 0.0899. The molecule has 1 aromatic rings. The van der Waals surface area contributed by atoms with E-state index in [2.05, 4.69) is 31.1 Å². The second kappa shape index (κ2) is 5.62. The molecule has 0 saturated heterocycles. The Morgan fingerprint density at radius 1 is 1.56 bits per heavy atom. The normalized spacial score (nSPS) is 13.8. The van der Waals surface area contributed by atoms with Crippen LogP contribution >= 0.6 is 11.6 Å². The third kappa shape index (κ3) is 3.74. The number of hydrogen-bond donors (Lipinski definition) is 1. The maximum atomic E-state index is 6.04. The van der Waals surface area contributed by atoms with Gasteiger partial charge in [-0.15, -0.1) is 0 Å². The standard InChI is InChI=1S/C12H19ClN2O/c1-9(15-12(2,3)8-16-4)10-6-5-7-14-11(10)13/h5-7,9,15H,8H2,1-4H3. The molecule has 0 amide bonds. The van der Waals surface area contributed by atoms with Crippen LogP contribution < -0.4 is 5.32 Å². The summed E-state index contributed by atoms with van der Waals surface area (Å²) in [6, 6.07) is 4.02. The van der Waals surface area contributed by atoms with E-state index in [9.17, 15) is 0 Å². The van der Waals surface area contributed by atoms with Gasteiger partial charge < -0.3 is 10.1 Å². The number of ether oxygens (including phenoxy) is 1. The summed E-state index contributed by atoms with van der Waals surface area (Å²) < 4.78 is 5.16. The molecule has 0 fully saturated rings. The largest absolute Gasteiger partial charge is 0.383 e. The Morgan fingerprint density at radius 3 is 2.81 bits per heavy atom. The first-order valence-corrected chi connectivity index (χ1v) is 5.71. The van der Waals surface area contributed by atoms with Crippen molar-refractivity contribution in [3.8, 4) is 0 Å². The molecule has 4 heteroatoms. The smallest absolute Gasteiger partial charge is 0.133 e. The summed E-state index contributed by atoms with van der Waals surface area (Å²) in [5.41, 5.74) is 0.918. The Bertz CT molecular complexity index is 342. The van der Waals surface area contributed by atoms with E-state index in [-0.39, 0.29) is 11.6 Å². The van der Waals surface area contributed by atoms with Gasteiger partial charge in [0.1, 0.15) is 5.15 Å². The van der Waals surface area contributed by atoms with Gasteiger partial charge >= 0.3 is 0 Å². The van der Waals surface area contributed by atoms with Crippen molar-refractivity contribution in [3.63, 3.8) is 0 Å². The third-order valence-electron chi connectivity index (χ3n) is 2.37. The first-order chi connectivity index (χ1) is 7.46. The number of nitrogens with one attached hydrogen (secondary N) is 1. The Labute approximate surface area is 102 Å². The summed E-state index contributed by atoms with van der Waals surface area (Å²) in [4.78, 5) is 4.07. The number of rotatable bonds is 5. The molecular formula is C12H19ClN2O. The van der Waals surface area contributed by atoms with Gasteiger partial charge in [0.25, 0.3) is 0 Å². The van der Waals surface area contributed by atoms with Gasteiger partial charge in [0.2, 0.25) is 0 Å². The number of nitrogens with zero attached hydrogens (tertiary/aromatic N) is 1. The average Bonchev–Trinajstić information content (AvgIpc) is 2.17. The highest BCUT2D eigenvalue weighted by atomic mass is 35.5. The van der Waals surface area contributed by atoms with Crippen LogP contribution in [0.25, 0.3) is 0 Å². The Balaban J connectivity index is 2.72. The van der Waals surface area contributed by atoms with Gasteiger partial charge in [-0.1, -0.05) is 17.7 Å². The van der Waals surface area contributed by atoms with E-state index in [1.807, 2.05) is 12.1 Å². The molecule has 0 bridgehead atoms. The molecule has 0 radical (unpaired) electrons. The zero-order chi connectivity index (χ0) is 12.2. The van der Waals surface area contributed by atoms with Crippen LogP contribution in [-0.2, 0) is 4.74 Å². The van der Waals surface area contributed by atoms with Crippen LogP contribution in [0.15, 0.2) is 18.3 Å². The van der Waals surface area contributed by atoms with Crippen molar-refractivity contribution in [2.75, 3.05) is 13.7 Å². The SMILES string of the molecule is COCC(C)(C)NC(C)c1cccnc1Cl. The first-order valence-electron chi connectivity index (χ1n) is 5.33. The number of hydrogen-bond acceptors (Lipinski definition) is 3. The van der Waals surface area contributed by atoms with Crippen LogP contribution in [0.2, 0.25) is 5.15 Å². The van der Waals surface area contributed by atoms with Gasteiger partial charge in [0, 0.05) is 30.5 Å². The van der Waals surface area contributed by atoms with Gasteiger partial charge in [-0.05, 0) is 26.8 Å². The van der Waals surface area contributed by atoms with E-state index < -0.39 is 0 Å². The summed E-state index contributed by atoms with van der Waals surface area (Å²) in [6.45, 7) is 6.91. The predicted octanol–water partition coefficient (Wildman–Crippen LogP) is 2.81. The minimum Gasteiger partial charge on any atom is -0.383 e. The fourth-order valence-electron chi connectivity index (χ4n) is 1.79. The molecule has 3 nitrogen and oxygen atoms in total. The van der Waals surface area contributed by atoms with E-state index >= 15 is 0 Å². The molecule has 0 aliphatic heterocycles. The molecule has 0 aliphatic rings. The lowest BCUT2D eigenvalue weighted by atomic mass is 10.0. The molecule has 1 rings (SSSR count). The van der Waals surface area contributed by atoms with Crippen LogP contribution in [0, 0.1) is 0 Å². The topological polar surface area (TPSA) is 34.1 Å². The number of pyridine rings is 1. The highest BCUT2D eigenvalue weighted by molar-refractivity contribution is 6.30. The Hall–Kier alpha value is -0.640. The van der Waals surface area contributed by atoms with Crippen molar-refractivity contribution < 1.29 is 4.74 Å². The molecule has 1 aromatic heterocycles. The minimum atomic E-state index is -0.0899. The van der Waals surface area contributed by atoms with Gasteiger partial charge in [-0.25, -0.2) is 4.98 Å². The lowest BCUT2D eigenvalue weighted by Crippen LogP contribution is -2.44. The molecule has 0 aliphatic carbocycles. The van der Waals surface area contributed by atoms with E-state index in [1.165, 1.54) is 0 Å². The van der Waals surface area contributed by atoms with Crippen molar-refractivity contribution in [3.05, 3.63) is 29.0 Å². The number of aromatic nitrogens is 1. The maximum Gasteiger partial charge on any atom is 0.133 e. The van der Waals surface area contributed by atoms with Crippen LogP contribution in [-0.4, -0.2) is 24.2 Å². The van der Waals surface area contributed by atoms with Gasteiger partial charge in [-0.2, -0.15) is 0 Å². The quantitative estimate of drug-likeness (QED) is 0.807. The molecule has 0 aromatic carbocycles. The molecule has 1 atom stereocenters. The molecule has 1 heterocycles. The zero-order valence-electron chi connectivity index (χ0n) is 10.2. The van der Waals surface area contributed by atoms with Crippen molar-refractivity contribution in [2.45, 2.75) is 32.4 Å². The fourth-order valence-corrected chi connectivity index (χ4v) is 2.07. The van der Waals surface area contributed by atoms with Gasteiger partial charge in [-0.3, -0.25) is 0 Å². The van der Waals surface area contributed by atoms with E-state index in [0.29, 0.717) is 11.8 Å². The third-order valence-corrected chi connectivity index (χ3v) is 2.68. The number of methoxy groups -OCH3 is 1. The maximum absolute atomic E-state index is 6.04. The monoisotopic (exact) mass is 242 g/mol. The van der Waals surface area contributed by atoms with Crippen LogP contribution in [0.5, 0.6) is 0 Å². The molecule has 0 saturated carbocycles. The van der Waals surface area contributed by atoms with Crippen molar-refractivity contribution >= 4 is 11.6 Å². The van der Waals surface area contributed by atoms with Crippen LogP contribution in [0.4, 0.5) is 0 Å². The number of halogens is 1. The van der Waals surface area contributed by atoms with E-state index in [1.54, 1.807) is 13.3 Å². The first kappa shape index (κ1) is 13.4. The second-order valence-corrected chi connectivity index (χ2v) is 4.92. The molecule has 1 unspecified atom stereocenters. The van der Waals surface area contributed by atoms with Crippen molar-refractivity contribution in [2.24, 2.45) is 0 Å². The zero-order valence-corrected chi connectivity index (χ0v) is 11.0. The highest BCUT2D eigenvalue weighted by Gasteiger charge is 2.21. The Kier molecular flexibility index (Phi) is 4.71. The fraction of sp³-hybridized carbons (Fsp3) is 0.583. The lowest BCUT2D eigenvalue weighted by molar-refractivity contribution is 0.122. The van der Waals surface area contributed by atoms with E-state index in [0.717, 1.165) is 5.56 Å². The highest BCUT2D eigenvalue weighted by Crippen LogP contribution is 2.22. The van der Waals surface area contributed by atoms with E-state index in [4.69, 9.17) is 16.3 Å². The van der Waals surface area contributed by atoms with Crippen LogP contribution in [0.3, 0.4) is 0 Å². The summed E-state index contributed by atoms with van der Waals surface area (Å²) in [6.07, 6.45) is 1.69. The lowest BCUT2D eigenvalue weighted by Gasteiger charge is -2.29. The molecule has 1 N–H and O–H groups in total. The van der Waals surface area contributed by atoms with Crippen molar-refractivity contribution in [1.29, 1.82) is 0 Å². The molecule has 16 heavy (non-hydrogen) atoms. The Morgan fingerprint density at radius 2 is 2.25 bits per heavy atom. The summed E-state index contributed by atoms with van der Waals surface area (Å²) in [5.74, 6) is 0. The summed E-state index contributed by atoms with van der Waals surface area (Å²) >= 11 is 6.04. The van der Waals surface area contributed by atoms with Gasteiger partial charge in [0.05, 0.1) is 6.61 Å². The molecular weight excluding hydrogens is 224 g/mol.